The van der Waals surface area contributed by atoms with E-state index in [0.29, 0.717) is 0 Å². The summed E-state index contributed by atoms with van der Waals surface area (Å²) >= 11 is 0. The largest absolute Gasteiger partial charge is 0.389 e. The number of allylic oxidation sites excluding steroid dienone is 2. The van der Waals surface area contributed by atoms with Gasteiger partial charge in [-0.3, -0.25) is 0 Å². The number of aliphatic hydroxyl groups is 1. The van der Waals surface area contributed by atoms with Crippen LogP contribution in [0.5, 0.6) is 0 Å². The summed E-state index contributed by atoms with van der Waals surface area (Å²) in [7, 11) is 0. The van der Waals surface area contributed by atoms with Gasteiger partial charge in [-0.05, 0) is 25.7 Å². The molecule has 0 rings (SSSR count). The van der Waals surface area contributed by atoms with Gasteiger partial charge in [-0.1, -0.05) is 109 Å². The van der Waals surface area contributed by atoms with Crippen LogP contribution in [0.4, 0.5) is 0 Å². The van der Waals surface area contributed by atoms with E-state index in [4.69, 9.17) is 0 Å². The molecule has 24 heavy (non-hydrogen) atoms. The Bertz CT molecular complexity index is 269. The summed E-state index contributed by atoms with van der Waals surface area (Å²) in [5, 5.41) is 9.34. The molecule has 0 fully saturated rings. The van der Waals surface area contributed by atoms with Crippen LogP contribution in [0, 0.1) is 0 Å². The Hall–Kier alpha value is -0.560. The molecule has 0 aliphatic heterocycles. The molecule has 0 saturated heterocycles. The molecule has 0 spiro atoms. The highest BCUT2D eigenvalue weighted by molar-refractivity contribution is 4.85. The second-order valence-electron chi connectivity index (χ2n) is 7.24. The van der Waals surface area contributed by atoms with Gasteiger partial charge >= 0.3 is 0 Å². The summed E-state index contributed by atoms with van der Waals surface area (Å²) in [5.74, 6) is 0. The molecule has 0 aliphatic rings. The Balaban J connectivity index is 3.07. The highest BCUT2D eigenvalue weighted by atomic mass is 16.3. The zero-order valence-corrected chi connectivity index (χ0v) is 16.5. The zero-order chi connectivity index (χ0) is 17.7. The zero-order valence-electron chi connectivity index (χ0n) is 16.5. The number of aliphatic hydroxyl groups excluding tert-OH is 1. The fourth-order valence-electron chi connectivity index (χ4n) is 3.08. The van der Waals surface area contributed by atoms with E-state index in [-0.39, 0.29) is 6.10 Å². The number of hydrogen-bond acceptors (Lipinski definition) is 1. The third-order valence-corrected chi connectivity index (χ3v) is 4.79. The highest BCUT2D eigenvalue weighted by Gasteiger charge is 1.95. The van der Waals surface area contributed by atoms with Gasteiger partial charge in [0.15, 0.2) is 0 Å². The molecular formula is C23H44O. The van der Waals surface area contributed by atoms with E-state index in [1.807, 2.05) is 0 Å². The van der Waals surface area contributed by atoms with Crippen molar-refractivity contribution in [1.82, 2.24) is 0 Å². The first-order valence-electron chi connectivity index (χ1n) is 10.8. The van der Waals surface area contributed by atoms with Crippen LogP contribution in [0.1, 0.15) is 116 Å². The topological polar surface area (TPSA) is 20.2 Å². The monoisotopic (exact) mass is 336 g/mol. The van der Waals surface area contributed by atoms with Gasteiger partial charge < -0.3 is 5.11 Å². The second-order valence-corrected chi connectivity index (χ2v) is 7.24. The third kappa shape index (κ3) is 19.5. The molecule has 1 nitrogen and oxygen atoms in total. The van der Waals surface area contributed by atoms with E-state index < -0.39 is 0 Å². The molecule has 0 heterocycles. The van der Waals surface area contributed by atoms with Crippen LogP contribution in [0.2, 0.25) is 0 Å². The minimum atomic E-state index is -0.337. The van der Waals surface area contributed by atoms with Crippen LogP contribution in [-0.2, 0) is 0 Å². The lowest BCUT2D eigenvalue weighted by Crippen LogP contribution is -1.99. The summed E-state index contributed by atoms with van der Waals surface area (Å²) in [6.07, 6.45) is 28.6. The van der Waals surface area contributed by atoms with E-state index in [9.17, 15) is 5.11 Å². The lowest BCUT2D eigenvalue weighted by molar-refractivity contribution is 0.214. The lowest BCUT2D eigenvalue weighted by atomic mass is 10.0. The summed E-state index contributed by atoms with van der Waals surface area (Å²) in [4.78, 5) is 0. The second kappa shape index (κ2) is 20.5. The van der Waals surface area contributed by atoms with Gasteiger partial charge in [-0.15, -0.1) is 6.58 Å². The van der Waals surface area contributed by atoms with E-state index in [1.165, 1.54) is 96.3 Å². The number of rotatable bonds is 19. The third-order valence-electron chi connectivity index (χ3n) is 4.79. The maximum absolute atomic E-state index is 9.34. The van der Waals surface area contributed by atoms with Crippen LogP contribution >= 0.6 is 0 Å². The van der Waals surface area contributed by atoms with Gasteiger partial charge in [0, 0.05) is 0 Å². The Kier molecular flexibility index (Phi) is 20.0. The highest BCUT2D eigenvalue weighted by Crippen LogP contribution is 2.13. The lowest BCUT2D eigenvalue weighted by Gasteiger charge is -2.03. The minimum absolute atomic E-state index is 0.337. The Labute approximate surface area is 152 Å². The van der Waals surface area contributed by atoms with Crippen molar-refractivity contribution in [2.24, 2.45) is 0 Å². The maximum atomic E-state index is 9.34. The van der Waals surface area contributed by atoms with Gasteiger partial charge in [0.25, 0.3) is 0 Å². The van der Waals surface area contributed by atoms with Crippen molar-refractivity contribution in [3.63, 3.8) is 0 Å². The molecule has 0 bridgehead atoms. The average molecular weight is 337 g/mol. The van der Waals surface area contributed by atoms with Crippen molar-refractivity contribution in [3.05, 3.63) is 24.8 Å². The van der Waals surface area contributed by atoms with Crippen LogP contribution in [0.25, 0.3) is 0 Å². The van der Waals surface area contributed by atoms with Crippen molar-refractivity contribution in [3.8, 4) is 0 Å². The van der Waals surface area contributed by atoms with Crippen molar-refractivity contribution < 1.29 is 5.11 Å². The minimum Gasteiger partial charge on any atom is -0.389 e. The number of unbranched alkanes of at least 4 members (excludes halogenated alkanes) is 14. The summed E-state index contributed by atoms with van der Waals surface area (Å²) in [5.41, 5.74) is 0. The fourth-order valence-corrected chi connectivity index (χ4v) is 3.08. The smallest absolute Gasteiger partial charge is 0.0721 e. The molecule has 0 amide bonds. The van der Waals surface area contributed by atoms with Crippen molar-refractivity contribution >= 4 is 0 Å². The molecule has 0 aromatic heterocycles. The molecule has 1 unspecified atom stereocenters. The summed E-state index contributed by atoms with van der Waals surface area (Å²) in [6.45, 7) is 5.87. The maximum Gasteiger partial charge on any atom is 0.0721 e. The fraction of sp³-hybridized carbons (Fsp3) is 0.826. The molecule has 1 heteroatoms. The molecule has 1 atom stereocenters. The van der Waals surface area contributed by atoms with Gasteiger partial charge in [-0.2, -0.15) is 0 Å². The molecule has 0 aliphatic carbocycles. The predicted molar refractivity (Wildman–Crippen MR) is 110 cm³/mol. The number of hydrogen-bond donors (Lipinski definition) is 1. The van der Waals surface area contributed by atoms with Crippen molar-refractivity contribution in [1.29, 1.82) is 0 Å². The van der Waals surface area contributed by atoms with Gasteiger partial charge in [0.2, 0.25) is 0 Å². The van der Waals surface area contributed by atoms with Gasteiger partial charge in [0.05, 0.1) is 6.10 Å². The first-order chi connectivity index (χ1) is 11.8. The van der Waals surface area contributed by atoms with Crippen molar-refractivity contribution in [2.45, 2.75) is 122 Å². The van der Waals surface area contributed by atoms with Crippen LogP contribution in [0.15, 0.2) is 24.8 Å². The van der Waals surface area contributed by atoms with Gasteiger partial charge in [-0.25, -0.2) is 0 Å². The summed E-state index contributed by atoms with van der Waals surface area (Å²) < 4.78 is 0. The Morgan fingerprint density at radius 1 is 0.667 bits per heavy atom. The quantitative estimate of drug-likeness (QED) is 0.189. The molecule has 0 aromatic carbocycles. The molecule has 0 saturated carbocycles. The SMILES string of the molecule is C=CC(O)CC/C=C\CCCCCCCCCCCCCCCC. The standard InChI is InChI=1S/C23H44O/c1-3-5-6-7-8-9-10-11-12-13-14-15-16-17-18-19-20-21-22-23(24)4-2/h4,19-20,23-24H,2-3,5-18,21-22H2,1H3/b20-19-. The molecule has 142 valence electrons. The molecular weight excluding hydrogens is 292 g/mol. The van der Waals surface area contributed by atoms with E-state index >= 15 is 0 Å². The molecule has 0 radical (unpaired) electrons. The van der Waals surface area contributed by atoms with E-state index in [0.717, 1.165) is 12.8 Å². The average Bonchev–Trinajstić information content (AvgIpc) is 2.60. The molecule has 1 N–H and O–H groups in total. The predicted octanol–water partition coefficient (Wildman–Crippen LogP) is 7.74. The van der Waals surface area contributed by atoms with Crippen LogP contribution in [0.3, 0.4) is 0 Å². The Morgan fingerprint density at radius 3 is 1.54 bits per heavy atom. The molecule has 0 aromatic rings. The first kappa shape index (κ1) is 23.4. The van der Waals surface area contributed by atoms with E-state index in [2.05, 4.69) is 25.7 Å². The Morgan fingerprint density at radius 2 is 1.08 bits per heavy atom. The summed E-state index contributed by atoms with van der Waals surface area (Å²) in [6, 6.07) is 0. The van der Waals surface area contributed by atoms with Crippen LogP contribution < -0.4 is 0 Å². The van der Waals surface area contributed by atoms with Crippen molar-refractivity contribution in [2.75, 3.05) is 0 Å². The first-order valence-corrected chi connectivity index (χ1v) is 10.8. The van der Waals surface area contributed by atoms with Crippen LogP contribution in [-0.4, -0.2) is 11.2 Å². The van der Waals surface area contributed by atoms with Gasteiger partial charge in [0.1, 0.15) is 0 Å². The normalized spacial score (nSPS) is 12.8. The van der Waals surface area contributed by atoms with E-state index in [1.54, 1.807) is 6.08 Å².